The number of benzene rings is 3. The third kappa shape index (κ3) is 5.00. The molecule has 0 saturated carbocycles. The fraction of sp³-hybridized carbons (Fsp3) is 0.375. The summed E-state index contributed by atoms with van der Waals surface area (Å²) in [6.07, 6.45) is 6.64. The second kappa shape index (κ2) is 9.82. The molecule has 0 aliphatic heterocycles. The van der Waals surface area contributed by atoms with E-state index in [0.717, 1.165) is 37.8 Å². The predicted octanol–water partition coefficient (Wildman–Crippen LogP) is 7.39. The van der Waals surface area contributed by atoms with E-state index in [9.17, 15) is 9.59 Å². The lowest BCUT2D eigenvalue weighted by molar-refractivity contribution is 0.102. The molecule has 0 unspecified atom stereocenters. The molecule has 3 aromatic carbocycles. The van der Waals surface area contributed by atoms with E-state index >= 15 is 0 Å². The highest BCUT2D eigenvalue weighted by Crippen LogP contribution is 2.51. The van der Waals surface area contributed by atoms with E-state index in [-0.39, 0.29) is 16.7 Å². The first-order valence-electron chi connectivity index (χ1n) is 13.6. The van der Waals surface area contributed by atoms with Crippen LogP contribution in [0.3, 0.4) is 0 Å². The van der Waals surface area contributed by atoms with Crippen molar-refractivity contribution in [3.05, 3.63) is 82.4 Å². The predicted molar refractivity (Wildman–Crippen MR) is 156 cm³/mol. The van der Waals surface area contributed by atoms with Crippen LogP contribution in [0.5, 0.6) is 0 Å². The molecule has 2 aliphatic carbocycles. The molecule has 38 heavy (non-hydrogen) atoms. The molecule has 0 heterocycles. The van der Waals surface area contributed by atoms with E-state index < -0.39 is 6.03 Å². The quantitative estimate of drug-likeness (QED) is 0.275. The summed E-state index contributed by atoms with van der Waals surface area (Å²) in [7, 11) is 0. The van der Waals surface area contributed by atoms with Crippen LogP contribution in [0.25, 0.3) is 0 Å². The van der Waals surface area contributed by atoms with Gasteiger partial charge in [-0.1, -0.05) is 45.9 Å². The van der Waals surface area contributed by atoms with Crippen molar-refractivity contribution in [2.45, 2.75) is 77.0 Å². The van der Waals surface area contributed by atoms with Gasteiger partial charge in [-0.15, -0.1) is 0 Å². The van der Waals surface area contributed by atoms with Gasteiger partial charge >= 0.3 is 6.03 Å². The summed E-state index contributed by atoms with van der Waals surface area (Å²) in [6.45, 7) is 9.27. The number of hydrogen-bond donors (Lipinski definition) is 4. The summed E-state index contributed by atoms with van der Waals surface area (Å²) in [4.78, 5) is 26.0. The highest BCUT2D eigenvalue weighted by atomic mass is 16.2. The molecule has 3 amide bonds. The molecule has 5 rings (SSSR count). The first kappa shape index (κ1) is 25.8. The van der Waals surface area contributed by atoms with Crippen molar-refractivity contribution in [3.8, 4) is 0 Å². The third-order valence-corrected chi connectivity index (χ3v) is 8.28. The molecule has 0 bridgehead atoms. The number of hydrogen-bond acceptors (Lipinski definition) is 3. The summed E-state index contributed by atoms with van der Waals surface area (Å²) < 4.78 is 0. The average Bonchev–Trinajstić information content (AvgIpc) is 2.88. The Labute approximate surface area is 225 Å². The van der Waals surface area contributed by atoms with Gasteiger partial charge in [-0.05, 0) is 108 Å². The Bertz CT molecular complexity index is 1390. The lowest BCUT2D eigenvalue weighted by Crippen LogP contribution is -2.36. The third-order valence-electron chi connectivity index (χ3n) is 8.28. The maximum absolute atomic E-state index is 13.5. The van der Waals surface area contributed by atoms with E-state index in [1.807, 2.05) is 12.1 Å². The minimum Gasteiger partial charge on any atom is -0.397 e. The van der Waals surface area contributed by atoms with Gasteiger partial charge in [0.1, 0.15) is 0 Å². The molecule has 6 heteroatoms. The Balaban J connectivity index is 1.39. The van der Waals surface area contributed by atoms with Crippen LogP contribution in [0.1, 0.15) is 86.0 Å². The number of carbonyl (C=O) groups is 2. The summed E-state index contributed by atoms with van der Waals surface area (Å²) in [5.74, 6) is -0.126. The van der Waals surface area contributed by atoms with Gasteiger partial charge in [0.05, 0.1) is 11.4 Å². The van der Waals surface area contributed by atoms with Gasteiger partial charge in [0.15, 0.2) is 0 Å². The number of nitrogen functional groups attached to an aromatic ring is 1. The van der Waals surface area contributed by atoms with E-state index in [2.05, 4.69) is 49.7 Å². The minimum absolute atomic E-state index is 0.0107. The lowest BCUT2D eigenvalue weighted by atomic mass is 9.61. The van der Waals surface area contributed by atoms with Gasteiger partial charge in [0, 0.05) is 16.9 Å². The summed E-state index contributed by atoms with van der Waals surface area (Å²) in [6, 6.07) is 16.1. The van der Waals surface area contributed by atoms with Crippen molar-refractivity contribution in [2.75, 3.05) is 21.7 Å². The Morgan fingerprint density at radius 3 is 2.24 bits per heavy atom. The Morgan fingerprint density at radius 2 is 1.50 bits per heavy atom. The molecule has 6 nitrogen and oxygen atoms in total. The molecule has 0 radical (unpaired) electrons. The zero-order valence-corrected chi connectivity index (χ0v) is 22.8. The first-order valence-corrected chi connectivity index (χ1v) is 13.6. The topological polar surface area (TPSA) is 96.2 Å². The SMILES string of the molecule is CC1(C)CCC(C)(C)c2c1cc1c(c2NC(=O)c2ccc(NC(=O)Nc3ccccc3N)cc2)CCCC1. The van der Waals surface area contributed by atoms with Crippen molar-refractivity contribution in [2.24, 2.45) is 0 Å². The van der Waals surface area contributed by atoms with Crippen LogP contribution in [-0.2, 0) is 23.7 Å². The normalized spacial score (nSPS) is 17.1. The van der Waals surface area contributed by atoms with Crippen LogP contribution in [0.15, 0.2) is 54.6 Å². The molecule has 0 aromatic heterocycles. The maximum atomic E-state index is 13.5. The molecule has 0 spiro atoms. The van der Waals surface area contributed by atoms with Gasteiger partial charge in [-0.3, -0.25) is 4.79 Å². The number of para-hydroxylation sites is 2. The van der Waals surface area contributed by atoms with Crippen molar-refractivity contribution < 1.29 is 9.59 Å². The number of aryl methyl sites for hydroxylation is 1. The fourth-order valence-corrected chi connectivity index (χ4v) is 5.95. The Morgan fingerprint density at radius 1 is 0.816 bits per heavy atom. The Hall–Kier alpha value is -3.80. The van der Waals surface area contributed by atoms with Crippen LogP contribution in [-0.4, -0.2) is 11.9 Å². The number of nitrogens with two attached hydrogens (primary N) is 1. The first-order chi connectivity index (χ1) is 18.0. The fourth-order valence-electron chi connectivity index (χ4n) is 5.95. The number of amides is 3. The number of urea groups is 1. The summed E-state index contributed by atoms with van der Waals surface area (Å²) in [5, 5.41) is 8.90. The van der Waals surface area contributed by atoms with Gasteiger partial charge in [0.25, 0.3) is 5.91 Å². The van der Waals surface area contributed by atoms with E-state index in [4.69, 9.17) is 5.73 Å². The van der Waals surface area contributed by atoms with E-state index in [0.29, 0.717) is 22.6 Å². The lowest BCUT2D eigenvalue weighted by Gasteiger charge is -2.44. The number of carbonyl (C=O) groups excluding carboxylic acids is 2. The molecule has 0 atom stereocenters. The van der Waals surface area contributed by atoms with Crippen LogP contribution in [0.2, 0.25) is 0 Å². The molecular weight excluding hydrogens is 472 g/mol. The van der Waals surface area contributed by atoms with Gasteiger partial charge in [-0.25, -0.2) is 4.79 Å². The maximum Gasteiger partial charge on any atom is 0.323 e. The number of nitrogens with one attached hydrogen (secondary N) is 3. The van der Waals surface area contributed by atoms with E-state index in [1.54, 1.807) is 36.4 Å². The van der Waals surface area contributed by atoms with Gasteiger partial charge in [-0.2, -0.15) is 0 Å². The highest BCUT2D eigenvalue weighted by molar-refractivity contribution is 6.06. The monoisotopic (exact) mass is 510 g/mol. The smallest absolute Gasteiger partial charge is 0.323 e. The minimum atomic E-state index is -0.396. The number of fused-ring (bicyclic) bond motifs is 2. The van der Waals surface area contributed by atoms with Crippen molar-refractivity contribution in [3.63, 3.8) is 0 Å². The number of anilines is 4. The van der Waals surface area contributed by atoms with Crippen molar-refractivity contribution in [1.82, 2.24) is 0 Å². The van der Waals surface area contributed by atoms with Crippen molar-refractivity contribution >= 4 is 34.7 Å². The van der Waals surface area contributed by atoms with Gasteiger partial charge < -0.3 is 21.7 Å². The summed E-state index contributed by atoms with van der Waals surface area (Å²) >= 11 is 0. The molecule has 198 valence electrons. The number of rotatable bonds is 4. The highest BCUT2D eigenvalue weighted by Gasteiger charge is 2.40. The molecule has 3 aromatic rings. The molecule has 2 aliphatic rings. The Kier molecular flexibility index (Phi) is 6.68. The van der Waals surface area contributed by atoms with Crippen molar-refractivity contribution in [1.29, 1.82) is 0 Å². The standard InChI is InChI=1S/C32H38N4O2/c1-31(2)17-18-32(3,4)27-24(31)19-21-9-5-6-10-23(21)28(27)36-29(37)20-13-15-22(16-14-20)34-30(38)35-26-12-8-7-11-25(26)33/h7-8,11-16,19H,5-6,9-10,17-18,33H2,1-4H3,(H,36,37)(H2,34,35,38). The zero-order valence-electron chi connectivity index (χ0n) is 22.8. The van der Waals surface area contributed by atoms with Crippen LogP contribution >= 0.6 is 0 Å². The largest absolute Gasteiger partial charge is 0.397 e. The zero-order chi connectivity index (χ0) is 27.1. The summed E-state index contributed by atoms with van der Waals surface area (Å²) in [5.41, 5.74) is 14.6. The molecule has 0 saturated heterocycles. The second-order valence-corrected chi connectivity index (χ2v) is 12.0. The average molecular weight is 511 g/mol. The molecule has 5 N–H and O–H groups in total. The molecule has 0 fully saturated rings. The van der Waals surface area contributed by atoms with Crippen LogP contribution < -0.4 is 21.7 Å². The molecular formula is C32H38N4O2. The van der Waals surface area contributed by atoms with Crippen LogP contribution in [0.4, 0.5) is 27.5 Å². The van der Waals surface area contributed by atoms with Gasteiger partial charge in [0.2, 0.25) is 0 Å². The van der Waals surface area contributed by atoms with Crippen LogP contribution in [0, 0.1) is 0 Å². The van der Waals surface area contributed by atoms with E-state index in [1.165, 1.54) is 28.7 Å². The second-order valence-electron chi connectivity index (χ2n) is 12.0.